The molecule has 4 aromatic rings. The minimum absolute atomic E-state index is 0.285. The summed E-state index contributed by atoms with van der Waals surface area (Å²) in [5, 5.41) is 23.6. The Hall–Kier alpha value is -3.98. The van der Waals surface area contributed by atoms with E-state index in [0.29, 0.717) is 77.0 Å². The average Bonchev–Trinajstić information content (AvgIpc) is 3.43. The highest BCUT2D eigenvalue weighted by Crippen LogP contribution is 2.33. The van der Waals surface area contributed by atoms with E-state index in [2.05, 4.69) is 35.8 Å². The smallest absolute Gasteiger partial charge is 0.333 e. The second-order valence-corrected chi connectivity index (χ2v) is 11.8. The molecule has 2 aliphatic carbocycles. The lowest BCUT2D eigenvalue weighted by atomic mass is 9.82. The Kier molecular flexibility index (Phi) is 6.46. The van der Waals surface area contributed by atoms with E-state index in [0.717, 1.165) is 4.09 Å². The number of anilines is 3. The first-order valence-electron chi connectivity index (χ1n) is 12.4. The van der Waals surface area contributed by atoms with Gasteiger partial charge in [-0.2, -0.15) is 23.1 Å². The van der Waals surface area contributed by atoms with Crippen LogP contribution in [0, 0.1) is 5.92 Å². The molecule has 0 aromatic carbocycles. The number of hydrogen-bond acceptors (Lipinski definition) is 10. The fourth-order valence-corrected chi connectivity index (χ4v) is 5.84. The first-order chi connectivity index (χ1) is 18.8. The molecule has 4 heterocycles. The summed E-state index contributed by atoms with van der Waals surface area (Å²) in [4.78, 5) is 13.1. The topological polar surface area (TPSA) is 153 Å². The predicted molar refractivity (Wildman–Crippen MR) is 138 cm³/mol. The van der Waals surface area contributed by atoms with Crippen molar-refractivity contribution in [3.8, 4) is 22.6 Å². The Balaban J connectivity index is 1.24. The molecule has 12 nitrogen and oxygen atoms in total. The van der Waals surface area contributed by atoms with Gasteiger partial charge in [0, 0.05) is 42.5 Å². The monoisotopic (exact) mass is 557 g/mol. The minimum Gasteiger partial charge on any atom is -0.393 e. The number of pyridine rings is 1. The second-order valence-electron chi connectivity index (χ2n) is 9.68. The third-order valence-corrected chi connectivity index (χ3v) is 8.75. The Labute approximate surface area is 222 Å². The molecule has 0 spiro atoms. The lowest BCUT2D eigenvalue weighted by molar-refractivity contribution is 0.0487. The summed E-state index contributed by atoms with van der Waals surface area (Å²) in [5.74, 6) is 1.42. The van der Waals surface area contributed by atoms with Gasteiger partial charge in [-0.25, -0.2) is 28.1 Å². The van der Waals surface area contributed by atoms with Gasteiger partial charge in [0.25, 0.3) is 10.0 Å². The summed E-state index contributed by atoms with van der Waals surface area (Å²) in [6.45, 7) is -2.16. The normalized spacial score (nSPS) is 19.2. The molecule has 0 radical (unpaired) electrons. The van der Waals surface area contributed by atoms with Crippen molar-refractivity contribution in [2.45, 2.75) is 43.6 Å². The molecule has 6 rings (SSSR count). The van der Waals surface area contributed by atoms with E-state index >= 15 is 0 Å². The lowest BCUT2D eigenvalue weighted by Gasteiger charge is -2.31. The number of aromatic nitrogens is 7. The standard InChI is InChI=1S/C24H25F2N9O3S/c25-24(26)34-6-4-19(33-34)18-12-29-22(9-20(18)28-10-14-7-16(36)8-14)31-21-3-5-27-23(32-21)15-11-30-35(13-15)39(37,38)17-1-2-17/h3-6,9,11-14,16-17,24,36H,1-2,7-8,10H2,(H2,27,28,29,31,32). The molecule has 0 amide bonds. The first-order valence-corrected chi connectivity index (χ1v) is 13.9. The molecule has 204 valence electrons. The molecule has 4 aromatic heterocycles. The van der Waals surface area contributed by atoms with E-state index in [1.807, 2.05) is 0 Å². The Morgan fingerprint density at radius 3 is 2.67 bits per heavy atom. The van der Waals surface area contributed by atoms with Gasteiger partial charge >= 0.3 is 6.55 Å². The Bertz CT molecular complexity index is 1600. The zero-order valence-electron chi connectivity index (χ0n) is 20.5. The maximum absolute atomic E-state index is 13.1. The van der Waals surface area contributed by atoms with Gasteiger partial charge in [0.05, 0.1) is 35.0 Å². The molecular formula is C24H25F2N9O3S. The van der Waals surface area contributed by atoms with Crippen LogP contribution in [-0.2, 0) is 10.0 Å². The number of hydrogen-bond donors (Lipinski definition) is 3. The van der Waals surface area contributed by atoms with Gasteiger partial charge in [-0.15, -0.1) is 0 Å². The quantitative estimate of drug-likeness (QED) is 0.265. The van der Waals surface area contributed by atoms with Gasteiger partial charge in [0.2, 0.25) is 0 Å². The third-order valence-electron chi connectivity index (χ3n) is 6.72. The van der Waals surface area contributed by atoms with Gasteiger partial charge < -0.3 is 15.7 Å². The number of aliphatic hydroxyl groups is 1. The lowest BCUT2D eigenvalue weighted by Crippen LogP contribution is -2.33. The van der Waals surface area contributed by atoms with E-state index in [1.54, 1.807) is 12.1 Å². The van der Waals surface area contributed by atoms with E-state index in [9.17, 15) is 22.3 Å². The molecule has 2 aliphatic rings. The van der Waals surface area contributed by atoms with Gasteiger partial charge in [-0.1, -0.05) is 0 Å². The van der Waals surface area contributed by atoms with Gasteiger partial charge in [0.1, 0.15) is 11.6 Å². The molecule has 0 aliphatic heterocycles. The van der Waals surface area contributed by atoms with Crippen LogP contribution >= 0.6 is 0 Å². The third kappa shape index (κ3) is 5.31. The van der Waals surface area contributed by atoms with Crippen LogP contribution in [0.5, 0.6) is 0 Å². The number of rotatable bonds is 10. The minimum atomic E-state index is -3.50. The fraction of sp³-hybridized carbons (Fsp3) is 0.375. The zero-order chi connectivity index (χ0) is 27.1. The second kappa shape index (κ2) is 9.96. The summed E-state index contributed by atoms with van der Waals surface area (Å²) in [5.41, 5.74) is 1.97. The molecular weight excluding hydrogens is 532 g/mol. The van der Waals surface area contributed by atoms with E-state index in [4.69, 9.17) is 0 Å². The molecule has 0 saturated heterocycles. The van der Waals surface area contributed by atoms with Crippen LogP contribution in [0.3, 0.4) is 0 Å². The van der Waals surface area contributed by atoms with Crippen LogP contribution in [-0.4, -0.2) is 65.3 Å². The van der Waals surface area contributed by atoms with Crippen LogP contribution in [0.1, 0.15) is 32.2 Å². The van der Waals surface area contributed by atoms with Crippen molar-refractivity contribution in [1.82, 2.24) is 33.9 Å². The number of aliphatic hydroxyl groups excluding tert-OH is 1. The summed E-state index contributed by atoms with van der Waals surface area (Å²) in [6.07, 6.45) is 9.44. The number of halogens is 2. The van der Waals surface area contributed by atoms with Crippen LogP contribution in [0.15, 0.2) is 49.2 Å². The van der Waals surface area contributed by atoms with Crippen molar-refractivity contribution >= 4 is 27.3 Å². The molecule has 2 saturated carbocycles. The van der Waals surface area contributed by atoms with Crippen molar-refractivity contribution in [1.29, 1.82) is 0 Å². The number of nitrogens with one attached hydrogen (secondary N) is 2. The van der Waals surface area contributed by atoms with Gasteiger partial charge in [-0.3, -0.25) is 0 Å². The van der Waals surface area contributed by atoms with Gasteiger partial charge in [0.15, 0.2) is 5.82 Å². The summed E-state index contributed by atoms with van der Waals surface area (Å²) in [7, 11) is -3.50. The van der Waals surface area contributed by atoms with E-state index in [1.165, 1.54) is 37.1 Å². The van der Waals surface area contributed by atoms with Crippen molar-refractivity contribution in [3.05, 3.63) is 49.2 Å². The average molecular weight is 558 g/mol. The highest BCUT2D eigenvalue weighted by molar-refractivity contribution is 7.90. The van der Waals surface area contributed by atoms with Crippen LogP contribution in [0.25, 0.3) is 22.6 Å². The summed E-state index contributed by atoms with van der Waals surface area (Å²) >= 11 is 0. The molecule has 15 heteroatoms. The van der Waals surface area contributed by atoms with E-state index < -0.39 is 21.8 Å². The molecule has 0 unspecified atom stereocenters. The summed E-state index contributed by atoms with van der Waals surface area (Å²) in [6, 6.07) is 4.86. The van der Waals surface area contributed by atoms with Crippen molar-refractivity contribution in [2.24, 2.45) is 5.92 Å². The molecule has 2 fully saturated rings. The maximum atomic E-state index is 13.1. The SMILES string of the molecule is O=S(=O)(C1CC1)n1cc(-c2nccc(Nc3cc(NCC4CC(O)C4)c(-c4ccn(C(F)F)n4)cn3)n2)cn1. The maximum Gasteiger partial charge on any atom is 0.333 e. The van der Waals surface area contributed by atoms with Crippen LogP contribution in [0.4, 0.5) is 26.1 Å². The number of nitrogens with zero attached hydrogens (tertiary/aromatic N) is 7. The summed E-state index contributed by atoms with van der Waals surface area (Å²) < 4.78 is 52.6. The highest BCUT2D eigenvalue weighted by atomic mass is 32.2. The molecule has 3 N–H and O–H groups in total. The molecule has 0 bridgehead atoms. The van der Waals surface area contributed by atoms with Gasteiger partial charge in [-0.05, 0) is 43.7 Å². The number of alkyl halides is 2. The van der Waals surface area contributed by atoms with Crippen LogP contribution in [0.2, 0.25) is 0 Å². The Morgan fingerprint density at radius 2 is 1.95 bits per heavy atom. The molecule has 0 atom stereocenters. The van der Waals surface area contributed by atoms with Crippen molar-refractivity contribution in [3.63, 3.8) is 0 Å². The zero-order valence-corrected chi connectivity index (χ0v) is 21.3. The van der Waals surface area contributed by atoms with Crippen molar-refractivity contribution in [2.75, 3.05) is 17.2 Å². The fourth-order valence-electron chi connectivity index (χ4n) is 4.36. The van der Waals surface area contributed by atoms with Crippen molar-refractivity contribution < 1.29 is 22.3 Å². The first kappa shape index (κ1) is 25.3. The van der Waals surface area contributed by atoms with Crippen LogP contribution < -0.4 is 10.6 Å². The Morgan fingerprint density at radius 1 is 1.13 bits per heavy atom. The van der Waals surface area contributed by atoms with E-state index in [-0.39, 0.29) is 11.9 Å². The largest absolute Gasteiger partial charge is 0.393 e. The molecule has 39 heavy (non-hydrogen) atoms. The highest BCUT2D eigenvalue weighted by Gasteiger charge is 2.37. The predicted octanol–water partition coefficient (Wildman–Crippen LogP) is 3.26.